The zero-order valence-electron chi connectivity index (χ0n) is 14.2. The van der Waals surface area contributed by atoms with E-state index in [-0.39, 0.29) is 0 Å². The standard InChI is InChI=1S/C18H20N6O/c1-13-7-9-19-17(23-13)21-11-14-3-5-15(6-4-14)12-22-18-20-10-8-16(24-18)25-2/h3-10H,11-12H2,1-2H3,(H,19,21,23)(H,20,22,24). The highest BCUT2D eigenvalue weighted by Gasteiger charge is 2.01. The molecule has 0 fully saturated rings. The van der Waals surface area contributed by atoms with Crippen molar-refractivity contribution in [2.24, 2.45) is 0 Å². The highest BCUT2D eigenvalue weighted by atomic mass is 16.5. The Morgan fingerprint density at radius 1 is 0.800 bits per heavy atom. The van der Waals surface area contributed by atoms with Crippen LogP contribution in [0.4, 0.5) is 11.9 Å². The fourth-order valence-electron chi connectivity index (χ4n) is 2.21. The number of hydrogen-bond acceptors (Lipinski definition) is 7. The summed E-state index contributed by atoms with van der Waals surface area (Å²) in [6.07, 6.45) is 3.41. The van der Waals surface area contributed by atoms with Crippen LogP contribution in [0.25, 0.3) is 0 Å². The molecule has 2 N–H and O–H groups in total. The summed E-state index contributed by atoms with van der Waals surface area (Å²) in [6.45, 7) is 3.26. The average Bonchev–Trinajstić information content (AvgIpc) is 2.66. The van der Waals surface area contributed by atoms with Gasteiger partial charge in [-0.2, -0.15) is 4.98 Å². The third-order valence-corrected chi connectivity index (χ3v) is 3.56. The van der Waals surface area contributed by atoms with Gasteiger partial charge in [0.05, 0.1) is 7.11 Å². The first-order chi connectivity index (χ1) is 12.2. The molecule has 0 aliphatic rings. The monoisotopic (exact) mass is 336 g/mol. The van der Waals surface area contributed by atoms with Crippen molar-refractivity contribution in [3.63, 3.8) is 0 Å². The van der Waals surface area contributed by atoms with Gasteiger partial charge in [0.1, 0.15) is 0 Å². The molecule has 0 aliphatic heterocycles. The number of nitrogens with one attached hydrogen (secondary N) is 2. The molecule has 0 spiro atoms. The molecule has 0 amide bonds. The van der Waals surface area contributed by atoms with Crippen LogP contribution >= 0.6 is 0 Å². The first-order valence-corrected chi connectivity index (χ1v) is 7.95. The Labute approximate surface area is 146 Å². The van der Waals surface area contributed by atoms with Crippen molar-refractivity contribution < 1.29 is 4.74 Å². The Balaban J connectivity index is 1.53. The molecule has 0 radical (unpaired) electrons. The van der Waals surface area contributed by atoms with Gasteiger partial charge in [0.2, 0.25) is 17.8 Å². The maximum absolute atomic E-state index is 5.09. The molecule has 25 heavy (non-hydrogen) atoms. The SMILES string of the molecule is COc1ccnc(NCc2ccc(CNc3nccc(C)n3)cc2)n1. The van der Waals surface area contributed by atoms with Crippen LogP contribution in [0.2, 0.25) is 0 Å². The van der Waals surface area contributed by atoms with E-state index in [4.69, 9.17) is 4.74 Å². The van der Waals surface area contributed by atoms with E-state index in [0.717, 1.165) is 16.8 Å². The van der Waals surface area contributed by atoms with E-state index in [0.29, 0.717) is 30.9 Å². The molecule has 2 aromatic heterocycles. The topological polar surface area (TPSA) is 84.9 Å². The first kappa shape index (κ1) is 16.6. The van der Waals surface area contributed by atoms with Crippen LogP contribution in [-0.4, -0.2) is 27.0 Å². The molecule has 7 nitrogen and oxygen atoms in total. The fraction of sp³-hybridized carbons (Fsp3) is 0.222. The summed E-state index contributed by atoms with van der Waals surface area (Å²) in [5.41, 5.74) is 3.24. The number of methoxy groups -OCH3 is 1. The number of hydrogen-bond donors (Lipinski definition) is 2. The second kappa shape index (κ2) is 8.05. The van der Waals surface area contributed by atoms with Gasteiger partial charge in [-0.05, 0) is 24.1 Å². The Bertz CT molecular complexity index is 822. The number of nitrogens with zero attached hydrogens (tertiary/aromatic N) is 4. The van der Waals surface area contributed by atoms with E-state index < -0.39 is 0 Å². The maximum Gasteiger partial charge on any atom is 0.226 e. The van der Waals surface area contributed by atoms with Crippen molar-refractivity contribution in [3.8, 4) is 5.88 Å². The van der Waals surface area contributed by atoms with E-state index in [2.05, 4.69) is 54.8 Å². The quantitative estimate of drug-likeness (QED) is 0.686. The van der Waals surface area contributed by atoms with Crippen LogP contribution in [0.15, 0.2) is 48.8 Å². The van der Waals surface area contributed by atoms with Crippen LogP contribution in [0.1, 0.15) is 16.8 Å². The zero-order chi connectivity index (χ0) is 17.5. The van der Waals surface area contributed by atoms with Crippen LogP contribution in [-0.2, 0) is 13.1 Å². The van der Waals surface area contributed by atoms with E-state index in [9.17, 15) is 0 Å². The fourth-order valence-corrected chi connectivity index (χ4v) is 2.21. The predicted molar refractivity (Wildman–Crippen MR) is 96.4 cm³/mol. The van der Waals surface area contributed by atoms with Crippen molar-refractivity contribution in [3.05, 3.63) is 65.6 Å². The molecule has 0 saturated heterocycles. The number of aromatic nitrogens is 4. The van der Waals surface area contributed by atoms with E-state index in [1.54, 1.807) is 25.6 Å². The molecule has 128 valence electrons. The van der Waals surface area contributed by atoms with Gasteiger partial charge in [0.25, 0.3) is 0 Å². The second-order valence-corrected chi connectivity index (χ2v) is 5.47. The first-order valence-electron chi connectivity index (χ1n) is 7.95. The Morgan fingerprint density at radius 2 is 1.36 bits per heavy atom. The molecule has 3 aromatic rings. The molecule has 7 heteroatoms. The van der Waals surface area contributed by atoms with Crippen LogP contribution < -0.4 is 15.4 Å². The lowest BCUT2D eigenvalue weighted by molar-refractivity contribution is 0.397. The molecule has 0 saturated carbocycles. The number of rotatable bonds is 7. The summed E-state index contributed by atoms with van der Waals surface area (Å²) < 4.78 is 5.09. The van der Waals surface area contributed by atoms with Crippen molar-refractivity contribution in [1.82, 2.24) is 19.9 Å². The molecule has 0 unspecified atom stereocenters. The molecule has 1 aromatic carbocycles. The molecule has 0 atom stereocenters. The number of anilines is 2. The number of ether oxygens (including phenoxy) is 1. The van der Waals surface area contributed by atoms with Gasteiger partial charge in [0, 0.05) is 37.2 Å². The maximum atomic E-state index is 5.09. The zero-order valence-corrected chi connectivity index (χ0v) is 14.2. The van der Waals surface area contributed by atoms with Crippen molar-refractivity contribution >= 4 is 11.9 Å². The predicted octanol–water partition coefficient (Wildman–Crippen LogP) is 2.81. The molecule has 2 heterocycles. The smallest absolute Gasteiger partial charge is 0.226 e. The summed E-state index contributed by atoms with van der Waals surface area (Å²) >= 11 is 0. The number of aryl methyl sites for hydroxylation is 1. The second-order valence-electron chi connectivity index (χ2n) is 5.47. The third kappa shape index (κ3) is 4.87. The van der Waals surface area contributed by atoms with Gasteiger partial charge in [-0.15, -0.1) is 0 Å². The average molecular weight is 336 g/mol. The third-order valence-electron chi connectivity index (χ3n) is 3.56. The van der Waals surface area contributed by atoms with Gasteiger partial charge in [-0.3, -0.25) is 0 Å². The minimum absolute atomic E-state index is 0.539. The summed E-state index contributed by atoms with van der Waals surface area (Å²) in [5, 5.41) is 6.40. The van der Waals surface area contributed by atoms with Gasteiger partial charge in [-0.1, -0.05) is 24.3 Å². The molecule has 0 bridgehead atoms. The summed E-state index contributed by atoms with van der Waals surface area (Å²) in [7, 11) is 1.58. The Hall–Kier alpha value is -3.22. The highest BCUT2D eigenvalue weighted by molar-refractivity contribution is 5.32. The lowest BCUT2D eigenvalue weighted by Crippen LogP contribution is -2.05. The van der Waals surface area contributed by atoms with Crippen molar-refractivity contribution in [2.45, 2.75) is 20.0 Å². The van der Waals surface area contributed by atoms with Crippen LogP contribution in [0.3, 0.4) is 0 Å². The lowest BCUT2D eigenvalue weighted by Gasteiger charge is -2.08. The lowest BCUT2D eigenvalue weighted by atomic mass is 10.1. The van der Waals surface area contributed by atoms with Crippen molar-refractivity contribution in [1.29, 1.82) is 0 Å². The normalized spacial score (nSPS) is 10.3. The van der Waals surface area contributed by atoms with Gasteiger partial charge >= 0.3 is 0 Å². The molecule has 0 aliphatic carbocycles. The van der Waals surface area contributed by atoms with Gasteiger partial charge in [0.15, 0.2) is 0 Å². The molecule has 3 rings (SSSR count). The van der Waals surface area contributed by atoms with E-state index >= 15 is 0 Å². The summed E-state index contributed by atoms with van der Waals surface area (Å²) in [6, 6.07) is 11.9. The Kier molecular flexibility index (Phi) is 5.36. The van der Waals surface area contributed by atoms with Crippen LogP contribution in [0.5, 0.6) is 5.88 Å². The summed E-state index contributed by atoms with van der Waals surface area (Å²) in [4.78, 5) is 16.9. The highest BCUT2D eigenvalue weighted by Crippen LogP contribution is 2.11. The largest absolute Gasteiger partial charge is 0.481 e. The van der Waals surface area contributed by atoms with Gasteiger partial charge < -0.3 is 15.4 Å². The summed E-state index contributed by atoms with van der Waals surface area (Å²) in [5.74, 6) is 1.72. The van der Waals surface area contributed by atoms with E-state index in [1.807, 2.05) is 13.0 Å². The van der Waals surface area contributed by atoms with E-state index in [1.165, 1.54) is 0 Å². The van der Waals surface area contributed by atoms with Gasteiger partial charge in [-0.25, -0.2) is 15.0 Å². The molecular weight excluding hydrogens is 316 g/mol. The van der Waals surface area contributed by atoms with Crippen LogP contribution in [0, 0.1) is 6.92 Å². The minimum Gasteiger partial charge on any atom is -0.481 e. The molecular formula is C18H20N6O. The number of benzene rings is 1. The Morgan fingerprint density at radius 3 is 1.92 bits per heavy atom. The minimum atomic E-state index is 0.539. The van der Waals surface area contributed by atoms with Crippen molar-refractivity contribution in [2.75, 3.05) is 17.7 Å².